The van der Waals surface area contributed by atoms with Gasteiger partial charge in [0.25, 0.3) is 5.91 Å². The smallest absolute Gasteiger partial charge is 0.252 e. The molecule has 4 nitrogen and oxygen atoms in total. The van der Waals surface area contributed by atoms with Crippen molar-refractivity contribution < 1.29 is 14.3 Å². The van der Waals surface area contributed by atoms with E-state index < -0.39 is 5.91 Å². The monoisotopic (exact) mass is 283 g/mol. The van der Waals surface area contributed by atoms with Crippen LogP contribution < -0.4 is 15.2 Å². The van der Waals surface area contributed by atoms with Crippen LogP contribution in [0, 0.1) is 0 Å². The molecule has 0 aromatic heterocycles. The number of methoxy groups -OCH3 is 1. The summed E-state index contributed by atoms with van der Waals surface area (Å²) in [4.78, 5) is 11.4. The van der Waals surface area contributed by atoms with Crippen LogP contribution in [0.2, 0.25) is 0 Å². The van der Waals surface area contributed by atoms with Crippen LogP contribution in [-0.2, 0) is 0 Å². The van der Waals surface area contributed by atoms with Crippen molar-refractivity contribution in [2.24, 2.45) is 5.73 Å². The van der Waals surface area contributed by atoms with Crippen molar-refractivity contribution in [3.05, 3.63) is 65.7 Å². The van der Waals surface area contributed by atoms with Crippen LogP contribution in [0.3, 0.4) is 0 Å². The number of amides is 1. The Morgan fingerprint density at radius 3 is 2.57 bits per heavy atom. The molecule has 2 rings (SSSR count). The number of ether oxygens (including phenoxy) is 2. The normalized spacial score (nSPS) is 10.5. The van der Waals surface area contributed by atoms with Crippen LogP contribution >= 0.6 is 0 Å². The number of para-hydroxylation sites is 1. The maximum atomic E-state index is 11.4. The van der Waals surface area contributed by atoms with Gasteiger partial charge in [-0.05, 0) is 23.8 Å². The van der Waals surface area contributed by atoms with E-state index in [-0.39, 0.29) is 0 Å². The molecular formula is C17H17NO3. The largest absolute Gasteiger partial charge is 0.493 e. The number of carbonyl (C=O) groups is 1. The van der Waals surface area contributed by atoms with Crippen molar-refractivity contribution in [3.63, 3.8) is 0 Å². The molecular weight excluding hydrogens is 266 g/mol. The fraction of sp³-hybridized carbons (Fsp3) is 0.118. The van der Waals surface area contributed by atoms with Gasteiger partial charge in [0.2, 0.25) is 0 Å². The summed E-state index contributed by atoms with van der Waals surface area (Å²) in [5.41, 5.74) is 6.73. The molecule has 108 valence electrons. The van der Waals surface area contributed by atoms with Gasteiger partial charge >= 0.3 is 0 Å². The Labute approximate surface area is 123 Å². The first-order chi connectivity index (χ1) is 10.2. The molecule has 2 N–H and O–H groups in total. The first kappa shape index (κ1) is 14.7. The summed E-state index contributed by atoms with van der Waals surface area (Å²) in [7, 11) is 1.52. The molecule has 0 atom stereocenters. The van der Waals surface area contributed by atoms with Crippen LogP contribution in [-0.4, -0.2) is 19.6 Å². The van der Waals surface area contributed by atoms with Gasteiger partial charge in [-0.3, -0.25) is 4.79 Å². The Morgan fingerprint density at radius 1 is 1.14 bits per heavy atom. The fourth-order valence-corrected chi connectivity index (χ4v) is 1.90. The first-order valence-corrected chi connectivity index (χ1v) is 6.53. The summed E-state index contributed by atoms with van der Waals surface area (Å²) in [6.07, 6.45) is 3.81. The molecule has 0 saturated carbocycles. The minimum Gasteiger partial charge on any atom is -0.493 e. The number of hydrogen-bond acceptors (Lipinski definition) is 3. The van der Waals surface area contributed by atoms with Crippen molar-refractivity contribution in [1.82, 2.24) is 0 Å². The van der Waals surface area contributed by atoms with Crippen molar-refractivity contribution in [3.8, 4) is 11.5 Å². The number of hydrogen-bond donors (Lipinski definition) is 1. The lowest BCUT2D eigenvalue weighted by atomic mass is 10.1. The van der Waals surface area contributed by atoms with Crippen LogP contribution in [0.25, 0.3) is 6.08 Å². The number of primary amides is 1. The summed E-state index contributed by atoms with van der Waals surface area (Å²) >= 11 is 0. The van der Waals surface area contributed by atoms with E-state index in [1.54, 1.807) is 18.2 Å². The topological polar surface area (TPSA) is 61.5 Å². The maximum Gasteiger partial charge on any atom is 0.252 e. The summed E-state index contributed by atoms with van der Waals surface area (Å²) in [6.45, 7) is 0.315. The van der Waals surface area contributed by atoms with Gasteiger partial charge in [0.05, 0.1) is 12.7 Å². The van der Waals surface area contributed by atoms with E-state index >= 15 is 0 Å². The number of benzene rings is 2. The van der Waals surface area contributed by atoms with Gasteiger partial charge in [0.1, 0.15) is 6.61 Å². The molecule has 0 spiro atoms. The molecule has 2 aromatic rings. The van der Waals surface area contributed by atoms with Crippen LogP contribution in [0.4, 0.5) is 0 Å². The molecule has 4 heteroatoms. The van der Waals surface area contributed by atoms with Crippen LogP contribution in [0.5, 0.6) is 11.5 Å². The van der Waals surface area contributed by atoms with E-state index in [0.29, 0.717) is 23.7 Å². The van der Waals surface area contributed by atoms with E-state index in [1.165, 1.54) is 7.11 Å². The van der Waals surface area contributed by atoms with Gasteiger partial charge in [-0.2, -0.15) is 0 Å². The second-order valence-electron chi connectivity index (χ2n) is 4.33. The standard InChI is InChI=1S/C17H17NO3/c1-20-15-11-5-10-14(17(18)19)16(15)21-12-6-9-13-7-3-2-4-8-13/h2-11H,12H2,1H3,(H2,18,19). The van der Waals surface area contributed by atoms with Gasteiger partial charge < -0.3 is 15.2 Å². The van der Waals surface area contributed by atoms with Gasteiger partial charge in [-0.1, -0.05) is 42.5 Å². The van der Waals surface area contributed by atoms with E-state index in [0.717, 1.165) is 5.56 Å². The molecule has 2 aromatic carbocycles. The molecule has 0 fully saturated rings. The third kappa shape index (κ3) is 3.86. The predicted molar refractivity (Wildman–Crippen MR) is 82.5 cm³/mol. The highest BCUT2D eigenvalue weighted by molar-refractivity contribution is 5.96. The lowest BCUT2D eigenvalue weighted by molar-refractivity contribution is 0.0996. The lowest BCUT2D eigenvalue weighted by Crippen LogP contribution is -2.13. The predicted octanol–water partition coefficient (Wildman–Crippen LogP) is 2.89. The lowest BCUT2D eigenvalue weighted by Gasteiger charge is -2.12. The zero-order chi connectivity index (χ0) is 15.1. The van der Waals surface area contributed by atoms with Gasteiger partial charge in [-0.15, -0.1) is 0 Å². The highest BCUT2D eigenvalue weighted by atomic mass is 16.5. The first-order valence-electron chi connectivity index (χ1n) is 6.53. The Bertz CT molecular complexity index is 636. The Kier molecular flexibility index (Phi) is 4.99. The van der Waals surface area contributed by atoms with Crippen molar-refractivity contribution in [1.29, 1.82) is 0 Å². The summed E-state index contributed by atoms with van der Waals surface area (Å²) in [5.74, 6) is 0.306. The summed E-state index contributed by atoms with van der Waals surface area (Å²) in [6, 6.07) is 14.9. The number of carbonyl (C=O) groups excluding carboxylic acids is 1. The third-order valence-corrected chi connectivity index (χ3v) is 2.90. The minimum atomic E-state index is -0.545. The second-order valence-corrected chi connectivity index (χ2v) is 4.33. The Balaban J connectivity index is 2.09. The highest BCUT2D eigenvalue weighted by Crippen LogP contribution is 2.30. The molecule has 21 heavy (non-hydrogen) atoms. The Hall–Kier alpha value is -2.75. The molecule has 0 aliphatic rings. The zero-order valence-electron chi connectivity index (χ0n) is 11.8. The molecule has 1 amide bonds. The Morgan fingerprint density at radius 2 is 1.90 bits per heavy atom. The molecule has 0 aliphatic carbocycles. The van der Waals surface area contributed by atoms with E-state index in [4.69, 9.17) is 15.2 Å². The SMILES string of the molecule is COc1cccc(C(N)=O)c1OCC=Cc1ccccc1. The van der Waals surface area contributed by atoms with Crippen molar-refractivity contribution in [2.75, 3.05) is 13.7 Å². The van der Waals surface area contributed by atoms with E-state index in [2.05, 4.69) is 0 Å². The molecule has 0 heterocycles. The average molecular weight is 283 g/mol. The minimum absolute atomic E-state index is 0.308. The quantitative estimate of drug-likeness (QED) is 0.886. The van der Waals surface area contributed by atoms with E-state index in [9.17, 15) is 4.79 Å². The fourth-order valence-electron chi connectivity index (χ4n) is 1.90. The van der Waals surface area contributed by atoms with Crippen LogP contribution in [0.1, 0.15) is 15.9 Å². The van der Waals surface area contributed by atoms with Crippen LogP contribution in [0.15, 0.2) is 54.6 Å². The van der Waals surface area contributed by atoms with E-state index in [1.807, 2.05) is 42.5 Å². The summed E-state index contributed by atoms with van der Waals surface area (Å²) < 4.78 is 10.8. The molecule has 0 aliphatic heterocycles. The average Bonchev–Trinajstić information content (AvgIpc) is 2.52. The van der Waals surface area contributed by atoms with Gasteiger partial charge in [-0.25, -0.2) is 0 Å². The highest BCUT2D eigenvalue weighted by Gasteiger charge is 2.14. The third-order valence-electron chi connectivity index (χ3n) is 2.90. The summed E-state index contributed by atoms with van der Waals surface area (Å²) in [5, 5.41) is 0. The maximum absolute atomic E-state index is 11.4. The number of nitrogens with two attached hydrogens (primary N) is 1. The van der Waals surface area contributed by atoms with Gasteiger partial charge in [0, 0.05) is 0 Å². The molecule has 0 saturated heterocycles. The number of rotatable bonds is 6. The van der Waals surface area contributed by atoms with Gasteiger partial charge in [0.15, 0.2) is 11.5 Å². The second kappa shape index (κ2) is 7.14. The zero-order valence-corrected chi connectivity index (χ0v) is 11.8. The van der Waals surface area contributed by atoms with Crippen molar-refractivity contribution >= 4 is 12.0 Å². The van der Waals surface area contributed by atoms with Crippen molar-refractivity contribution in [2.45, 2.75) is 0 Å². The molecule has 0 radical (unpaired) electrons. The molecule has 0 unspecified atom stereocenters. The molecule has 0 bridgehead atoms.